The Labute approximate surface area is 118 Å². The Kier molecular flexibility index (Phi) is 4.65. The average molecular weight is 279 g/mol. The van der Waals surface area contributed by atoms with Gasteiger partial charge >= 0.3 is 5.97 Å². The number of anilines is 1. The number of amides is 1. The Hall–Kier alpha value is -1.98. The van der Waals surface area contributed by atoms with Gasteiger partial charge in [-0.25, -0.2) is 4.79 Å². The van der Waals surface area contributed by atoms with Crippen LogP contribution in [0.2, 0.25) is 0 Å². The molecule has 0 atom stereocenters. The summed E-state index contributed by atoms with van der Waals surface area (Å²) < 4.78 is 6.90. The molecule has 2 rings (SSSR count). The lowest BCUT2D eigenvalue weighted by atomic mass is 10.4. The monoisotopic (exact) mass is 279 g/mol. The molecule has 1 aromatic heterocycles. The topological polar surface area (TPSA) is 86.3 Å². The zero-order valence-corrected chi connectivity index (χ0v) is 11.7. The van der Waals surface area contributed by atoms with Gasteiger partial charge in [0.2, 0.25) is 5.91 Å². The first-order chi connectivity index (χ1) is 9.60. The number of carbonyl (C=O) groups is 2. The van der Waals surface area contributed by atoms with Crippen LogP contribution < -0.4 is 11.1 Å². The van der Waals surface area contributed by atoms with E-state index in [4.69, 9.17) is 10.5 Å². The third kappa shape index (κ3) is 4.01. The second-order valence-corrected chi connectivity index (χ2v) is 5.08. The maximum atomic E-state index is 11.9. The van der Waals surface area contributed by atoms with Crippen molar-refractivity contribution < 1.29 is 14.3 Å². The van der Waals surface area contributed by atoms with Gasteiger partial charge in [-0.1, -0.05) is 6.92 Å². The van der Waals surface area contributed by atoms with Crippen LogP contribution in [-0.2, 0) is 16.1 Å². The lowest BCUT2D eigenvalue weighted by molar-refractivity contribution is -0.121. The van der Waals surface area contributed by atoms with Crippen molar-refractivity contribution in [3.05, 3.63) is 18.0 Å². The Morgan fingerprint density at radius 2 is 2.25 bits per heavy atom. The van der Waals surface area contributed by atoms with Crippen molar-refractivity contribution in [1.29, 1.82) is 0 Å². The largest absolute Gasteiger partial charge is 0.460 e. The van der Waals surface area contributed by atoms with Gasteiger partial charge in [0.05, 0.1) is 12.1 Å². The minimum atomic E-state index is -0.436. The van der Waals surface area contributed by atoms with Crippen LogP contribution in [0.5, 0.6) is 0 Å². The molecule has 20 heavy (non-hydrogen) atoms. The SMILES string of the molecule is CCCn1cc(N)cc1C(=O)OCCC(=O)NC1CC1. The molecule has 0 aromatic carbocycles. The summed E-state index contributed by atoms with van der Waals surface area (Å²) in [4.78, 5) is 23.4. The molecular formula is C14H21N3O3. The number of ether oxygens (including phenoxy) is 1. The molecule has 1 aliphatic carbocycles. The number of aryl methyl sites for hydroxylation is 1. The second kappa shape index (κ2) is 6.45. The van der Waals surface area contributed by atoms with E-state index >= 15 is 0 Å². The van der Waals surface area contributed by atoms with Crippen LogP contribution in [0.15, 0.2) is 12.3 Å². The summed E-state index contributed by atoms with van der Waals surface area (Å²) in [5, 5.41) is 2.85. The average Bonchev–Trinajstić information content (AvgIpc) is 3.12. The molecule has 3 N–H and O–H groups in total. The lowest BCUT2D eigenvalue weighted by Gasteiger charge is -2.08. The van der Waals surface area contributed by atoms with E-state index in [9.17, 15) is 9.59 Å². The highest BCUT2D eigenvalue weighted by atomic mass is 16.5. The van der Waals surface area contributed by atoms with Crippen LogP contribution in [-0.4, -0.2) is 29.1 Å². The molecule has 1 amide bonds. The van der Waals surface area contributed by atoms with E-state index in [0.717, 1.165) is 19.3 Å². The minimum Gasteiger partial charge on any atom is -0.460 e. The van der Waals surface area contributed by atoms with E-state index in [1.165, 1.54) is 0 Å². The molecule has 0 unspecified atom stereocenters. The molecule has 0 bridgehead atoms. The quantitative estimate of drug-likeness (QED) is 0.737. The predicted octanol–water partition coefficient (Wildman–Crippen LogP) is 1.31. The molecule has 0 spiro atoms. The van der Waals surface area contributed by atoms with Crippen LogP contribution in [0.1, 0.15) is 43.1 Å². The van der Waals surface area contributed by atoms with Crippen LogP contribution in [0.3, 0.4) is 0 Å². The van der Waals surface area contributed by atoms with Crippen molar-refractivity contribution in [2.45, 2.75) is 45.2 Å². The van der Waals surface area contributed by atoms with E-state index in [2.05, 4.69) is 5.32 Å². The number of carbonyl (C=O) groups excluding carboxylic acids is 2. The van der Waals surface area contributed by atoms with E-state index in [0.29, 0.717) is 24.0 Å². The zero-order chi connectivity index (χ0) is 14.5. The van der Waals surface area contributed by atoms with Crippen molar-refractivity contribution in [1.82, 2.24) is 9.88 Å². The second-order valence-electron chi connectivity index (χ2n) is 5.08. The van der Waals surface area contributed by atoms with Crippen LogP contribution in [0, 0.1) is 0 Å². The maximum absolute atomic E-state index is 11.9. The standard InChI is InChI=1S/C14H21N3O3/c1-2-6-17-9-10(15)8-12(17)14(19)20-7-5-13(18)16-11-3-4-11/h8-9,11H,2-7,15H2,1H3,(H,16,18). The van der Waals surface area contributed by atoms with Crippen LogP contribution >= 0.6 is 0 Å². The Bertz CT molecular complexity index is 492. The van der Waals surface area contributed by atoms with E-state index in [1.807, 2.05) is 6.92 Å². The van der Waals surface area contributed by atoms with Gasteiger partial charge in [0.1, 0.15) is 12.3 Å². The number of nitrogens with zero attached hydrogens (tertiary/aromatic N) is 1. The first kappa shape index (κ1) is 14.4. The van der Waals surface area contributed by atoms with Crippen molar-refractivity contribution in [3.8, 4) is 0 Å². The van der Waals surface area contributed by atoms with Gasteiger partial charge in [-0.05, 0) is 25.3 Å². The molecule has 0 aliphatic heterocycles. The normalized spacial score (nSPS) is 14.1. The molecule has 110 valence electrons. The summed E-state index contributed by atoms with van der Waals surface area (Å²) in [6, 6.07) is 1.93. The van der Waals surface area contributed by atoms with Gasteiger partial charge in [0.25, 0.3) is 0 Å². The summed E-state index contributed by atoms with van der Waals surface area (Å²) in [5.41, 5.74) is 6.67. The highest BCUT2D eigenvalue weighted by Gasteiger charge is 2.23. The van der Waals surface area contributed by atoms with Crippen LogP contribution in [0.25, 0.3) is 0 Å². The maximum Gasteiger partial charge on any atom is 0.355 e. The van der Waals surface area contributed by atoms with Crippen molar-refractivity contribution in [3.63, 3.8) is 0 Å². The zero-order valence-electron chi connectivity index (χ0n) is 11.7. The molecule has 1 aliphatic rings. The molecule has 1 aromatic rings. The fraction of sp³-hybridized carbons (Fsp3) is 0.571. The van der Waals surface area contributed by atoms with E-state index in [1.54, 1.807) is 16.8 Å². The van der Waals surface area contributed by atoms with E-state index in [-0.39, 0.29) is 18.9 Å². The summed E-state index contributed by atoms with van der Waals surface area (Å²) >= 11 is 0. The third-order valence-electron chi connectivity index (χ3n) is 3.10. The number of esters is 1. The third-order valence-corrected chi connectivity index (χ3v) is 3.10. The van der Waals surface area contributed by atoms with Gasteiger partial charge in [-0.3, -0.25) is 4.79 Å². The molecule has 6 heteroatoms. The molecule has 1 fully saturated rings. The van der Waals surface area contributed by atoms with Gasteiger partial charge in [0.15, 0.2) is 0 Å². The molecular weight excluding hydrogens is 258 g/mol. The fourth-order valence-corrected chi connectivity index (χ4v) is 1.97. The van der Waals surface area contributed by atoms with Crippen molar-refractivity contribution in [2.75, 3.05) is 12.3 Å². The summed E-state index contributed by atoms with van der Waals surface area (Å²) in [5.74, 6) is -0.502. The number of nitrogens with one attached hydrogen (secondary N) is 1. The first-order valence-corrected chi connectivity index (χ1v) is 7.02. The number of hydrogen-bond donors (Lipinski definition) is 2. The number of nitrogens with two attached hydrogens (primary N) is 1. The number of rotatable bonds is 7. The molecule has 1 heterocycles. The summed E-state index contributed by atoms with van der Waals surface area (Å²) in [7, 11) is 0. The van der Waals surface area contributed by atoms with Crippen molar-refractivity contribution in [2.24, 2.45) is 0 Å². The number of aromatic nitrogens is 1. The Morgan fingerprint density at radius 1 is 1.50 bits per heavy atom. The van der Waals surface area contributed by atoms with Gasteiger partial charge in [-0.2, -0.15) is 0 Å². The molecule has 0 saturated heterocycles. The summed E-state index contributed by atoms with van der Waals surface area (Å²) in [6.07, 6.45) is 4.93. The Balaban J connectivity index is 1.80. The van der Waals surface area contributed by atoms with E-state index < -0.39 is 5.97 Å². The molecule has 0 radical (unpaired) electrons. The van der Waals surface area contributed by atoms with Crippen LogP contribution in [0.4, 0.5) is 5.69 Å². The smallest absolute Gasteiger partial charge is 0.355 e. The highest BCUT2D eigenvalue weighted by Crippen LogP contribution is 2.18. The number of nitrogen functional groups attached to an aromatic ring is 1. The summed E-state index contributed by atoms with van der Waals surface area (Å²) in [6.45, 7) is 2.83. The van der Waals surface area contributed by atoms with Gasteiger partial charge in [-0.15, -0.1) is 0 Å². The van der Waals surface area contributed by atoms with Gasteiger partial charge in [0, 0.05) is 18.8 Å². The fourth-order valence-electron chi connectivity index (χ4n) is 1.97. The highest BCUT2D eigenvalue weighted by molar-refractivity contribution is 5.89. The van der Waals surface area contributed by atoms with Gasteiger partial charge < -0.3 is 20.4 Å². The van der Waals surface area contributed by atoms with Crippen molar-refractivity contribution >= 4 is 17.6 Å². The predicted molar refractivity (Wildman–Crippen MR) is 75.2 cm³/mol. The molecule has 1 saturated carbocycles. The first-order valence-electron chi connectivity index (χ1n) is 7.02. The molecule has 6 nitrogen and oxygen atoms in total. The number of hydrogen-bond acceptors (Lipinski definition) is 4. The Morgan fingerprint density at radius 3 is 2.90 bits per heavy atom. The minimum absolute atomic E-state index is 0.0660. The lowest BCUT2D eigenvalue weighted by Crippen LogP contribution is -2.26.